The molecule has 3 rings (SSSR count). The van der Waals surface area contributed by atoms with Crippen LogP contribution in [0.3, 0.4) is 0 Å². The van der Waals surface area contributed by atoms with E-state index in [0.29, 0.717) is 12.3 Å². The number of nitrogens with one attached hydrogen (secondary N) is 2. The van der Waals surface area contributed by atoms with Crippen molar-refractivity contribution in [3.05, 3.63) is 53.4 Å². The average molecular weight is 407 g/mol. The quantitative estimate of drug-likeness (QED) is 0.741. The zero-order chi connectivity index (χ0) is 19.3. The third-order valence-electron chi connectivity index (χ3n) is 5.10. The Bertz CT molecular complexity index is 835. The van der Waals surface area contributed by atoms with Gasteiger partial charge in [0.2, 0.25) is 5.91 Å². The second-order valence-corrected chi connectivity index (χ2v) is 10.1. The van der Waals surface area contributed by atoms with E-state index < -0.39 is 16.1 Å². The average Bonchev–Trinajstić information content (AvgIpc) is 3.19. The van der Waals surface area contributed by atoms with Crippen molar-refractivity contribution < 1.29 is 13.2 Å². The predicted octanol–water partition coefficient (Wildman–Crippen LogP) is 3.33. The van der Waals surface area contributed by atoms with Crippen molar-refractivity contribution in [3.63, 3.8) is 0 Å². The standard InChI is InChI=1S/C20H26N2O3S2/c1-15-8-5-6-11-17(15)21-20(23)18(14-16-9-3-2-4-10-16)22-27(24,25)19-12-7-13-26-19/h2-4,7,9-10,12-13,15,17-18,22H,5-6,8,11,14H2,1H3,(H,21,23)/t15-,17-,18+/m1/s1. The van der Waals surface area contributed by atoms with Crippen molar-refractivity contribution in [1.82, 2.24) is 10.0 Å². The molecule has 1 fully saturated rings. The summed E-state index contributed by atoms with van der Waals surface area (Å²) in [6.45, 7) is 2.14. The van der Waals surface area contributed by atoms with Crippen molar-refractivity contribution in [3.8, 4) is 0 Å². The van der Waals surface area contributed by atoms with Gasteiger partial charge in [-0.1, -0.05) is 56.2 Å². The minimum atomic E-state index is -3.73. The number of hydrogen-bond acceptors (Lipinski definition) is 4. The zero-order valence-corrected chi connectivity index (χ0v) is 17.1. The molecule has 1 aromatic carbocycles. The van der Waals surface area contributed by atoms with Crippen LogP contribution in [0.2, 0.25) is 0 Å². The van der Waals surface area contributed by atoms with Crippen LogP contribution >= 0.6 is 11.3 Å². The third kappa shape index (κ3) is 5.40. The summed E-state index contributed by atoms with van der Waals surface area (Å²) in [6.07, 6.45) is 4.64. The fourth-order valence-electron chi connectivity index (χ4n) is 3.51. The minimum Gasteiger partial charge on any atom is -0.352 e. The van der Waals surface area contributed by atoms with Gasteiger partial charge in [0.1, 0.15) is 10.3 Å². The first-order valence-electron chi connectivity index (χ1n) is 9.36. The molecule has 2 aromatic rings. The SMILES string of the molecule is C[C@@H]1CCCC[C@H]1NC(=O)[C@H](Cc1ccccc1)NS(=O)(=O)c1cccs1. The van der Waals surface area contributed by atoms with Gasteiger partial charge in [-0.2, -0.15) is 4.72 Å². The van der Waals surface area contributed by atoms with Gasteiger partial charge in [0, 0.05) is 6.04 Å². The molecule has 1 saturated carbocycles. The Labute approximate surface area is 165 Å². The summed E-state index contributed by atoms with van der Waals surface area (Å²) in [7, 11) is -3.73. The summed E-state index contributed by atoms with van der Waals surface area (Å²) in [4.78, 5) is 13.0. The van der Waals surface area contributed by atoms with Crippen LogP contribution in [0.15, 0.2) is 52.1 Å². The van der Waals surface area contributed by atoms with Gasteiger partial charge in [-0.15, -0.1) is 11.3 Å². The van der Waals surface area contributed by atoms with Crippen molar-refractivity contribution in [2.24, 2.45) is 5.92 Å². The Morgan fingerprint density at radius 2 is 1.89 bits per heavy atom. The predicted molar refractivity (Wildman–Crippen MR) is 108 cm³/mol. The molecule has 27 heavy (non-hydrogen) atoms. The molecule has 0 unspecified atom stereocenters. The van der Waals surface area contributed by atoms with Gasteiger partial charge in [0.25, 0.3) is 10.0 Å². The van der Waals surface area contributed by atoms with Crippen LogP contribution in [-0.2, 0) is 21.2 Å². The summed E-state index contributed by atoms with van der Waals surface area (Å²) in [5, 5.41) is 4.81. The van der Waals surface area contributed by atoms with Gasteiger partial charge < -0.3 is 5.32 Å². The van der Waals surface area contributed by atoms with Crippen LogP contribution in [0.4, 0.5) is 0 Å². The Kier molecular flexibility index (Phi) is 6.68. The first kappa shape index (κ1) is 20.0. The molecule has 0 aliphatic heterocycles. The van der Waals surface area contributed by atoms with E-state index in [4.69, 9.17) is 0 Å². The molecule has 7 heteroatoms. The molecule has 5 nitrogen and oxygen atoms in total. The molecular weight excluding hydrogens is 380 g/mol. The Balaban J connectivity index is 1.77. The van der Waals surface area contributed by atoms with E-state index in [1.807, 2.05) is 30.3 Å². The van der Waals surface area contributed by atoms with Crippen molar-refractivity contribution >= 4 is 27.3 Å². The minimum absolute atomic E-state index is 0.107. The Hall–Kier alpha value is -1.70. The largest absolute Gasteiger partial charge is 0.352 e. The molecule has 1 amide bonds. The summed E-state index contributed by atoms with van der Waals surface area (Å²) in [5.74, 6) is 0.159. The highest BCUT2D eigenvalue weighted by atomic mass is 32.2. The van der Waals surface area contributed by atoms with Gasteiger partial charge in [0.05, 0.1) is 0 Å². The number of hydrogen-bond donors (Lipinski definition) is 2. The molecule has 3 atom stereocenters. The fraction of sp³-hybridized carbons (Fsp3) is 0.450. The van der Waals surface area contributed by atoms with Gasteiger partial charge in [0.15, 0.2) is 0 Å². The number of carbonyl (C=O) groups is 1. The van der Waals surface area contributed by atoms with E-state index in [-0.39, 0.29) is 16.2 Å². The molecule has 1 heterocycles. The highest BCUT2D eigenvalue weighted by Gasteiger charge is 2.30. The second kappa shape index (κ2) is 8.99. The van der Waals surface area contributed by atoms with Crippen LogP contribution < -0.4 is 10.0 Å². The molecule has 0 radical (unpaired) electrons. The lowest BCUT2D eigenvalue weighted by Gasteiger charge is -2.31. The lowest BCUT2D eigenvalue weighted by molar-refractivity contribution is -0.124. The van der Waals surface area contributed by atoms with Crippen LogP contribution in [0, 0.1) is 5.92 Å². The van der Waals surface area contributed by atoms with Crippen LogP contribution in [0.5, 0.6) is 0 Å². The maximum absolute atomic E-state index is 13.0. The molecule has 2 N–H and O–H groups in total. The maximum Gasteiger partial charge on any atom is 0.250 e. The molecular formula is C20H26N2O3S2. The third-order valence-corrected chi connectivity index (χ3v) is 7.96. The van der Waals surface area contributed by atoms with Gasteiger partial charge in [-0.3, -0.25) is 4.79 Å². The first-order valence-corrected chi connectivity index (χ1v) is 11.7. The number of thiophene rings is 1. The molecule has 1 aliphatic carbocycles. The van der Waals surface area contributed by atoms with E-state index in [2.05, 4.69) is 17.0 Å². The Morgan fingerprint density at radius 1 is 1.15 bits per heavy atom. The second-order valence-electron chi connectivity index (χ2n) is 7.17. The summed E-state index contributed by atoms with van der Waals surface area (Å²) >= 11 is 1.14. The molecule has 1 aromatic heterocycles. The lowest BCUT2D eigenvalue weighted by atomic mass is 9.86. The summed E-state index contributed by atoms with van der Waals surface area (Å²) in [6, 6.07) is 12.0. The molecule has 1 aliphatic rings. The van der Waals surface area contributed by atoms with Crippen molar-refractivity contribution in [2.75, 3.05) is 0 Å². The van der Waals surface area contributed by atoms with Crippen LogP contribution in [0.1, 0.15) is 38.2 Å². The molecule has 146 valence electrons. The number of carbonyl (C=O) groups excluding carboxylic acids is 1. The maximum atomic E-state index is 13.0. The lowest BCUT2D eigenvalue weighted by Crippen LogP contribution is -2.52. The van der Waals surface area contributed by atoms with Crippen molar-refractivity contribution in [1.29, 1.82) is 0 Å². The summed E-state index contributed by atoms with van der Waals surface area (Å²) in [5.41, 5.74) is 0.920. The van der Waals surface area contributed by atoms with Crippen LogP contribution in [0.25, 0.3) is 0 Å². The van der Waals surface area contributed by atoms with E-state index >= 15 is 0 Å². The van der Waals surface area contributed by atoms with Gasteiger partial charge >= 0.3 is 0 Å². The van der Waals surface area contributed by atoms with Crippen LogP contribution in [-0.4, -0.2) is 26.4 Å². The normalized spacial score (nSPS) is 21.5. The topological polar surface area (TPSA) is 75.3 Å². The first-order chi connectivity index (χ1) is 13.0. The van der Waals surface area contributed by atoms with E-state index in [9.17, 15) is 13.2 Å². The fourth-order valence-corrected chi connectivity index (χ4v) is 5.72. The molecule has 0 saturated heterocycles. The Morgan fingerprint density at radius 3 is 2.56 bits per heavy atom. The van der Waals surface area contributed by atoms with Gasteiger partial charge in [-0.05, 0) is 42.2 Å². The highest BCUT2D eigenvalue weighted by Crippen LogP contribution is 2.24. The number of sulfonamides is 1. The van der Waals surface area contributed by atoms with Gasteiger partial charge in [-0.25, -0.2) is 8.42 Å². The monoisotopic (exact) mass is 406 g/mol. The summed E-state index contributed by atoms with van der Waals surface area (Å²) < 4.78 is 28.2. The van der Waals surface area contributed by atoms with E-state index in [1.165, 1.54) is 6.42 Å². The van der Waals surface area contributed by atoms with E-state index in [0.717, 1.165) is 36.2 Å². The zero-order valence-electron chi connectivity index (χ0n) is 15.4. The smallest absolute Gasteiger partial charge is 0.250 e. The number of rotatable bonds is 7. The van der Waals surface area contributed by atoms with E-state index in [1.54, 1.807) is 17.5 Å². The van der Waals surface area contributed by atoms with Crippen molar-refractivity contribution in [2.45, 2.75) is 55.3 Å². The number of amides is 1. The molecule has 0 bridgehead atoms. The number of benzene rings is 1. The molecule has 0 spiro atoms. The highest BCUT2D eigenvalue weighted by molar-refractivity contribution is 7.91.